The van der Waals surface area contributed by atoms with Gasteiger partial charge in [-0.05, 0) is 19.3 Å². The summed E-state index contributed by atoms with van der Waals surface area (Å²) >= 11 is 0. The minimum atomic E-state index is -1.16. The Kier molecular flexibility index (Phi) is 2.96. The number of likely N-dealkylation sites (tertiary alicyclic amines) is 1. The van der Waals surface area contributed by atoms with Crippen LogP contribution in [-0.2, 0) is 4.79 Å². The van der Waals surface area contributed by atoms with Crippen LogP contribution in [0.5, 0.6) is 0 Å². The van der Waals surface area contributed by atoms with Crippen molar-refractivity contribution in [3.8, 4) is 0 Å². The van der Waals surface area contributed by atoms with Crippen LogP contribution < -0.4 is 5.32 Å². The summed E-state index contributed by atoms with van der Waals surface area (Å²) in [6.07, 6.45) is -0.288. The minimum absolute atomic E-state index is 0.0305. The second-order valence-corrected chi connectivity index (χ2v) is 4.71. The minimum Gasteiger partial charge on any atom is -0.480 e. The van der Waals surface area contributed by atoms with Gasteiger partial charge in [-0.3, -0.25) is 0 Å². The molecule has 2 rings (SSSR count). The first-order valence-corrected chi connectivity index (χ1v) is 5.61. The highest BCUT2D eigenvalue weighted by Gasteiger charge is 2.47. The zero-order chi connectivity index (χ0) is 12.6. The molecule has 0 aromatic rings. The van der Waals surface area contributed by atoms with Crippen LogP contribution in [0.1, 0.15) is 19.3 Å². The third-order valence-electron chi connectivity index (χ3n) is 3.51. The monoisotopic (exact) mass is 244 g/mol. The van der Waals surface area contributed by atoms with E-state index >= 15 is 0 Å². The maximum atomic E-state index is 11.8. The highest BCUT2D eigenvalue weighted by Crippen LogP contribution is 2.32. The molecular formula is C10H16N2O5. The van der Waals surface area contributed by atoms with Crippen LogP contribution in [0.2, 0.25) is 0 Å². The smallest absolute Gasteiger partial charge is 0.329 e. The third-order valence-corrected chi connectivity index (χ3v) is 3.51. The molecule has 17 heavy (non-hydrogen) atoms. The fourth-order valence-corrected chi connectivity index (χ4v) is 2.14. The normalized spacial score (nSPS) is 30.8. The number of rotatable bonds is 2. The van der Waals surface area contributed by atoms with Crippen molar-refractivity contribution in [1.29, 1.82) is 0 Å². The highest BCUT2D eigenvalue weighted by molar-refractivity contribution is 5.87. The van der Waals surface area contributed by atoms with E-state index in [1.54, 1.807) is 0 Å². The molecule has 1 aliphatic carbocycles. The number of nitrogens with one attached hydrogen (secondary N) is 1. The standard InChI is InChI=1S/C10H16N2O5/c13-6-4-12(5-7(6)14)9(17)11-10(8(15)16)2-1-3-10/h6-7,13-14H,1-5H2,(H,11,17)(H,15,16). The van der Waals surface area contributed by atoms with Crippen LogP contribution in [-0.4, -0.2) is 63.1 Å². The van der Waals surface area contributed by atoms with E-state index in [1.165, 1.54) is 4.90 Å². The highest BCUT2D eigenvalue weighted by atomic mass is 16.4. The lowest BCUT2D eigenvalue weighted by atomic mass is 9.77. The van der Waals surface area contributed by atoms with Crippen LogP contribution in [0.3, 0.4) is 0 Å². The summed E-state index contributed by atoms with van der Waals surface area (Å²) in [6, 6.07) is -0.539. The number of hydrogen-bond acceptors (Lipinski definition) is 4. The van der Waals surface area contributed by atoms with Crippen molar-refractivity contribution in [2.24, 2.45) is 0 Å². The van der Waals surface area contributed by atoms with Gasteiger partial charge >= 0.3 is 12.0 Å². The van der Waals surface area contributed by atoms with E-state index in [0.717, 1.165) is 6.42 Å². The van der Waals surface area contributed by atoms with Crippen LogP contribution in [0.4, 0.5) is 4.79 Å². The molecule has 1 saturated heterocycles. The molecule has 1 saturated carbocycles. The average molecular weight is 244 g/mol. The Hall–Kier alpha value is -1.34. The molecule has 2 unspecified atom stereocenters. The van der Waals surface area contributed by atoms with Crippen LogP contribution in [0, 0.1) is 0 Å². The molecule has 0 aromatic heterocycles. The predicted octanol–water partition coefficient (Wildman–Crippen LogP) is -1.26. The van der Waals surface area contributed by atoms with E-state index in [9.17, 15) is 19.8 Å². The van der Waals surface area contributed by atoms with E-state index in [2.05, 4.69) is 5.32 Å². The van der Waals surface area contributed by atoms with Gasteiger partial charge in [-0.25, -0.2) is 9.59 Å². The SMILES string of the molecule is O=C(NC1(C(=O)O)CCC1)N1CC(O)C(O)C1. The molecule has 2 fully saturated rings. The van der Waals surface area contributed by atoms with Crippen molar-refractivity contribution in [2.45, 2.75) is 37.0 Å². The van der Waals surface area contributed by atoms with Gasteiger partial charge in [0.2, 0.25) is 0 Å². The Morgan fingerprint density at radius 3 is 2.06 bits per heavy atom. The van der Waals surface area contributed by atoms with Gasteiger partial charge in [0.1, 0.15) is 5.54 Å². The van der Waals surface area contributed by atoms with Crippen molar-refractivity contribution < 1.29 is 24.9 Å². The third kappa shape index (κ3) is 2.07. The summed E-state index contributed by atoms with van der Waals surface area (Å²) < 4.78 is 0. The van der Waals surface area contributed by atoms with E-state index in [0.29, 0.717) is 12.8 Å². The molecule has 96 valence electrons. The molecule has 1 heterocycles. The zero-order valence-electron chi connectivity index (χ0n) is 9.30. The quantitative estimate of drug-likeness (QED) is 0.484. The fourth-order valence-electron chi connectivity index (χ4n) is 2.14. The van der Waals surface area contributed by atoms with Crippen molar-refractivity contribution in [3.05, 3.63) is 0 Å². The lowest BCUT2D eigenvalue weighted by Gasteiger charge is -2.39. The predicted molar refractivity (Wildman–Crippen MR) is 56.3 cm³/mol. The van der Waals surface area contributed by atoms with Gasteiger partial charge in [-0.15, -0.1) is 0 Å². The number of carboxylic acids is 1. The van der Waals surface area contributed by atoms with E-state index in [1.807, 2.05) is 0 Å². The van der Waals surface area contributed by atoms with Gasteiger partial charge < -0.3 is 25.5 Å². The Labute approximate surface area is 98.0 Å². The van der Waals surface area contributed by atoms with Gasteiger partial charge in [0.25, 0.3) is 0 Å². The Morgan fingerprint density at radius 2 is 1.71 bits per heavy atom. The molecule has 2 atom stereocenters. The molecule has 4 N–H and O–H groups in total. The molecule has 2 aliphatic rings. The lowest BCUT2D eigenvalue weighted by Crippen LogP contribution is -2.61. The maximum Gasteiger partial charge on any atom is 0.329 e. The number of nitrogens with zero attached hydrogens (tertiary/aromatic N) is 1. The van der Waals surface area contributed by atoms with Crippen LogP contribution in [0.25, 0.3) is 0 Å². The largest absolute Gasteiger partial charge is 0.480 e. The molecule has 2 amide bonds. The van der Waals surface area contributed by atoms with Crippen LogP contribution >= 0.6 is 0 Å². The van der Waals surface area contributed by atoms with Crippen LogP contribution in [0.15, 0.2) is 0 Å². The number of aliphatic hydroxyl groups excluding tert-OH is 2. The van der Waals surface area contributed by atoms with E-state index in [4.69, 9.17) is 5.11 Å². The topological polar surface area (TPSA) is 110 Å². The molecule has 0 aromatic carbocycles. The van der Waals surface area contributed by atoms with Gasteiger partial charge in [0.05, 0.1) is 25.3 Å². The fraction of sp³-hybridized carbons (Fsp3) is 0.800. The van der Waals surface area contributed by atoms with Gasteiger partial charge in [0.15, 0.2) is 0 Å². The summed E-state index contributed by atoms with van der Waals surface area (Å²) in [5.41, 5.74) is -1.16. The second-order valence-electron chi connectivity index (χ2n) is 4.71. The Bertz CT molecular complexity index is 332. The number of aliphatic carboxylic acids is 1. The number of urea groups is 1. The zero-order valence-corrected chi connectivity index (χ0v) is 9.30. The van der Waals surface area contributed by atoms with Gasteiger partial charge in [-0.2, -0.15) is 0 Å². The molecule has 7 nitrogen and oxygen atoms in total. The summed E-state index contributed by atoms with van der Waals surface area (Å²) in [6.45, 7) is 0.0609. The number of carbonyl (C=O) groups is 2. The first-order valence-electron chi connectivity index (χ1n) is 5.61. The van der Waals surface area contributed by atoms with E-state index in [-0.39, 0.29) is 13.1 Å². The number of amides is 2. The summed E-state index contributed by atoms with van der Waals surface area (Å²) in [5.74, 6) is -1.03. The maximum absolute atomic E-state index is 11.8. The molecule has 0 spiro atoms. The second kappa shape index (κ2) is 4.15. The Morgan fingerprint density at radius 1 is 1.18 bits per heavy atom. The van der Waals surface area contributed by atoms with Crippen molar-refractivity contribution >= 4 is 12.0 Å². The molecule has 0 bridgehead atoms. The molecular weight excluding hydrogens is 228 g/mol. The Balaban J connectivity index is 1.95. The molecule has 7 heteroatoms. The van der Waals surface area contributed by atoms with Crippen molar-refractivity contribution in [1.82, 2.24) is 10.2 Å². The molecule has 0 radical (unpaired) electrons. The summed E-state index contributed by atoms with van der Waals surface area (Å²) in [4.78, 5) is 24.1. The molecule has 1 aliphatic heterocycles. The van der Waals surface area contributed by atoms with Gasteiger partial charge in [-0.1, -0.05) is 0 Å². The number of carboxylic acid groups (broad SMARTS) is 1. The first-order chi connectivity index (χ1) is 7.94. The number of β-amino-alcohol motifs (C(OH)–C–C–N with tert-alkyl or cyclic N) is 2. The summed E-state index contributed by atoms with van der Waals surface area (Å²) in [7, 11) is 0. The number of aliphatic hydroxyl groups is 2. The summed E-state index contributed by atoms with van der Waals surface area (Å²) in [5, 5.41) is 30.1. The van der Waals surface area contributed by atoms with E-state index < -0.39 is 29.7 Å². The number of hydrogen-bond donors (Lipinski definition) is 4. The van der Waals surface area contributed by atoms with Crippen molar-refractivity contribution in [2.75, 3.05) is 13.1 Å². The average Bonchev–Trinajstić information content (AvgIpc) is 2.52. The first kappa shape index (κ1) is 12.1. The van der Waals surface area contributed by atoms with Crippen molar-refractivity contribution in [3.63, 3.8) is 0 Å². The van der Waals surface area contributed by atoms with Gasteiger partial charge in [0, 0.05) is 0 Å². The number of carbonyl (C=O) groups excluding carboxylic acids is 1. The lowest BCUT2D eigenvalue weighted by molar-refractivity contribution is -0.148.